The Balaban J connectivity index is 1.44. The lowest BCUT2D eigenvalue weighted by molar-refractivity contribution is 0.0990. The maximum atomic E-state index is 12.8. The molecule has 3 aromatic carbocycles. The van der Waals surface area contributed by atoms with E-state index in [2.05, 4.69) is 53.1 Å². The second-order valence-corrected chi connectivity index (χ2v) is 9.83. The van der Waals surface area contributed by atoms with Gasteiger partial charge in [0.25, 0.3) is 0 Å². The van der Waals surface area contributed by atoms with Gasteiger partial charge in [0.15, 0.2) is 11.6 Å². The Bertz CT molecular complexity index is 1610. The first kappa shape index (κ1) is 17.3. The van der Waals surface area contributed by atoms with Gasteiger partial charge in [0.05, 0.1) is 16.6 Å². The van der Waals surface area contributed by atoms with E-state index in [1.165, 1.54) is 26.7 Å². The van der Waals surface area contributed by atoms with Gasteiger partial charge in [-0.2, -0.15) is 0 Å². The molecule has 5 aromatic rings. The molecule has 1 aliphatic heterocycles. The quantitative estimate of drug-likeness (QED) is 0.211. The molecule has 31 heavy (non-hydrogen) atoms. The van der Waals surface area contributed by atoms with E-state index in [0.717, 1.165) is 14.8 Å². The lowest BCUT2D eigenvalue weighted by atomic mass is 10.1. The van der Waals surface area contributed by atoms with Gasteiger partial charge in [-0.05, 0) is 24.3 Å². The zero-order chi connectivity index (χ0) is 20.7. The average molecular weight is 436 g/mol. The lowest BCUT2D eigenvalue weighted by Crippen LogP contribution is -1.99. The van der Waals surface area contributed by atoms with Crippen LogP contribution in [0.3, 0.4) is 0 Å². The summed E-state index contributed by atoms with van der Waals surface area (Å²) in [5, 5.41) is 3.62. The van der Waals surface area contributed by atoms with Crippen LogP contribution in [-0.2, 0) is 0 Å². The Hall–Kier alpha value is -3.41. The molecule has 1 aliphatic carbocycles. The van der Waals surface area contributed by atoms with Crippen LogP contribution in [0.1, 0.15) is 25.6 Å². The number of Topliss-reactive ketones (excluding diaryl/α,β-unsaturated/α-hetero) is 2. The fraction of sp³-hybridized carbons (Fsp3) is 0. The number of ketones is 2. The summed E-state index contributed by atoms with van der Waals surface area (Å²) in [6.07, 6.45) is 1.77. The SMILES string of the molecule is O=C1C(=Cc2cc3c(s2)-n2c4ccccc4c4cccc(c42)S3)C(=O)c2ccccc21. The number of hydrogen-bond donors (Lipinski definition) is 0. The van der Waals surface area contributed by atoms with Crippen molar-refractivity contribution in [2.75, 3.05) is 0 Å². The number of carbonyl (C=O) groups is 2. The van der Waals surface area contributed by atoms with Crippen LogP contribution < -0.4 is 0 Å². The van der Waals surface area contributed by atoms with Crippen LogP contribution in [0.25, 0.3) is 32.9 Å². The van der Waals surface area contributed by atoms with Crippen LogP contribution in [0.4, 0.5) is 0 Å². The molecule has 0 atom stereocenters. The zero-order valence-electron chi connectivity index (χ0n) is 16.1. The molecule has 0 bridgehead atoms. The third-order valence-electron chi connectivity index (χ3n) is 5.97. The van der Waals surface area contributed by atoms with Gasteiger partial charge in [-0.3, -0.25) is 14.2 Å². The summed E-state index contributed by atoms with van der Waals surface area (Å²) in [6, 6.07) is 24.0. The van der Waals surface area contributed by atoms with Crippen molar-refractivity contribution in [1.29, 1.82) is 0 Å². The van der Waals surface area contributed by atoms with E-state index in [1.54, 1.807) is 53.4 Å². The molecule has 0 unspecified atom stereocenters. The van der Waals surface area contributed by atoms with E-state index in [-0.39, 0.29) is 17.1 Å². The van der Waals surface area contributed by atoms with Crippen molar-refractivity contribution in [3.05, 3.63) is 94.4 Å². The number of allylic oxidation sites excluding steroid dienone is 1. The minimum atomic E-state index is -0.184. The number of para-hydroxylation sites is 2. The largest absolute Gasteiger partial charge is 0.299 e. The van der Waals surface area contributed by atoms with Gasteiger partial charge in [-0.1, -0.05) is 66.4 Å². The van der Waals surface area contributed by atoms with Crippen molar-refractivity contribution >= 4 is 62.5 Å². The molecule has 3 nitrogen and oxygen atoms in total. The first-order valence-electron chi connectivity index (χ1n) is 9.95. The minimum absolute atomic E-state index is 0.184. The van der Waals surface area contributed by atoms with Gasteiger partial charge in [-0.25, -0.2) is 0 Å². The Labute approximate surface area is 185 Å². The van der Waals surface area contributed by atoms with E-state index >= 15 is 0 Å². The van der Waals surface area contributed by atoms with Gasteiger partial charge < -0.3 is 0 Å². The number of thiophene rings is 1. The highest BCUT2D eigenvalue weighted by Gasteiger charge is 2.33. The van der Waals surface area contributed by atoms with Crippen LogP contribution in [0.5, 0.6) is 0 Å². The maximum Gasteiger partial charge on any atom is 0.197 e. The standard InChI is InChI=1S/C26H13NO2S2/c28-24-17-7-1-2-8-18(17)25(29)19(24)12-14-13-22-26(30-14)27-20-10-4-3-6-15(20)16-9-5-11-21(31-22)23(16)27/h1-13H. The van der Waals surface area contributed by atoms with Gasteiger partial charge in [0.1, 0.15) is 5.00 Å². The molecule has 3 heterocycles. The Morgan fingerprint density at radius 1 is 0.742 bits per heavy atom. The number of hydrogen-bond acceptors (Lipinski definition) is 4. The monoisotopic (exact) mass is 435 g/mol. The summed E-state index contributed by atoms with van der Waals surface area (Å²) in [7, 11) is 0. The predicted molar refractivity (Wildman–Crippen MR) is 126 cm³/mol. The summed E-state index contributed by atoms with van der Waals surface area (Å²) in [5.74, 6) is -0.367. The Morgan fingerprint density at radius 2 is 1.45 bits per heavy atom. The summed E-state index contributed by atoms with van der Waals surface area (Å²) < 4.78 is 2.32. The molecular formula is C26H13NO2S2. The first-order chi connectivity index (χ1) is 15.2. The van der Waals surface area contributed by atoms with Gasteiger partial charge in [0, 0.05) is 36.6 Å². The van der Waals surface area contributed by atoms with E-state index in [0.29, 0.717) is 11.1 Å². The Morgan fingerprint density at radius 3 is 2.26 bits per heavy atom. The van der Waals surface area contributed by atoms with Gasteiger partial charge in [0.2, 0.25) is 0 Å². The minimum Gasteiger partial charge on any atom is -0.299 e. The first-order valence-corrected chi connectivity index (χ1v) is 11.6. The number of rotatable bonds is 1. The lowest BCUT2D eigenvalue weighted by Gasteiger charge is -2.15. The van der Waals surface area contributed by atoms with Crippen molar-refractivity contribution < 1.29 is 9.59 Å². The number of benzene rings is 3. The fourth-order valence-corrected chi connectivity index (χ4v) is 7.01. The number of nitrogens with zero attached hydrogens (tertiary/aromatic N) is 1. The van der Waals surface area contributed by atoms with E-state index in [1.807, 2.05) is 0 Å². The van der Waals surface area contributed by atoms with Crippen molar-refractivity contribution in [1.82, 2.24) is 4.57 Å². The second-order valence-electron chi connectivity index (χ2n) is 7.69. The molecule has 0 fully saturated rings. The smallest absolute Gasteiger partial charge is 0.197 e. The molecule has 2 aromatic heterocycles. The molecule has 0 spiro atoms. The average Bonchev–Trinajstić information content (AvgIpc) is 3.43. The molecule has 0 amide bonds. The topological polar surface area (TPSA) is 39.1 Å². The van der Waals surface area contributed by atoms with Crippen LogP contribution in [0.15, 0.2) is 88.2 Å². The molecule has 5 heteroatoms. The number of carbonyl (C=O) groups excluding carboxylic acids is 2. The highest BCUT2D eigenvalue weighted by molar-refractivity contribution is 8.00. The summed E-state index contributed by atoms with van der Waals surface area (Å²) in [4.78, 5) is 28.9. The molecule has 0 saturated carbocycles. The second kappa shape index (κ2) is 6.06. The predicted octanol–water partition coefficient (Wildman–Crippen LogP) is 6.77. The normalized spacial score (nSPS) is 14.4. The van der Waals surface area contributed by atoms with Crippen molar-refractivity contribution in [3.8, 4) is 5.00 Å². The third kappa shape index (κ3) is 2.25. The number of fused-ring (bicyclic) bond motifs is 6. The van der Waals surface area contributed by atoms with Crippen LogP contribution in [0, 0.1) is 0 Å². The van der Waals surface area contributed by atoms with E-state index in [9.17, 15) is 9.59 Å². The van der Waals surface area contributed by atoms with Gasteiger partial charge in [-0.15, -0.1) is 11.3 Å². The molecule has 0 N–H and O–H groups in total. The Kier molecular flexibility index (Phi) is 3.38. The highest BCUT2D eigenvalue weighted by atomic mass is 32.2. The van der Waals surface area contributed by atoms with Crippen molar-refractivity contribution in [3.63, 3.8) is 0 Å². The molecular weight excluding hydrogens is 422 g/mol. The molecule has 0 saturated heterocycles. The highest BCUT2D eigenvalue weighted by Crippen LogP contribution is 2.49. The van der Waals surface area contributed by atoms with Crippen molar-refractivity contribution in [2.45, 2.75) is 9.79 Å². The van der Waals surface area contributed by atoms with E-state index < -0.39 is 0 Å². The van der Waals surface area contributed by atoms with Gasteiger partial charge >= 0.3 is 0 Å². The summed E-state index contributed by atoms with van der Waals surface area (Å²) in [5.41, 5.74) is 3.65. The molecule has 0 radical (unpaired) electrons. The van der Waals surface area contributed by atoms with Crippen LogP contribution in [0.2, 0.25) is 0 Å². The summed E-state index contributed by atoms with van der Waals surface area (Å²) >= 11 is 3.37. The third-order valence-corrected chi connectivity index (χ3v) is 8.25. The van der Waals surface area contributed by atoms with Crippen LogP contribution >= 0.6 is 23.1 Å². The number of aromatic nitrogens is 1. The van der Waals surface area contributed by atoms with Crippen molar-refractivity contribution in [2.24, 2.45) is 0 Å². The fourth-order valence-electron chi connectivity index (χ4n) is 4.63. The molecule has 7 rings (SSSR count). The zero-order valence-corrected chi connectivity index (χ0v) is 17.7. The maximum absolute atomic E-state index is 12.8. The van der Waals surface area contributed by atoms with E-state index in [4.69, 9.17) is 0 Å². The molecule has 2 aliphatic rings. The molecule has 146 valence electrons. The van der Waals surface area contributed by atoms with Crippen LogP contribution in [-0.4, -0.2) is 16.1 Å². The summed E-state index contributed by atoms with van der Waals surface area (Å²) in [6.45, 7) is 0.